The van der Waals surface area contributed by atoms with Crippen LogP contribution in [-0.2, 0) is 20.7 Å². The Balaban J connectivity index is 2.43. The van der Waals surface area contributed by atoms with Gasteiger partial charge in [0.05, 0.1) is 18.7 Å². The van der Waals surface area contributed by atoms with Gasteiger partial charge in [-0.15, -0.1) is 0 Å². The van der Waals surface area contributed by atoms with Crippen molar-refractivity contribution in [3.05, 3.63) is 17.0 Å². The van der Waals surface area contributed by atoms with Crippen LogP contribution < -0.4 is 5.32 Å². The molecule has 0 aliphatic rings. The van der Waals surface area contributed by atoms with Crippen LogP contribution in [0.25, 0.3) is 0 Å². The van der Waals surface area contributed by atoms with Crippen LogP contribution in [0.5, 0.6) is 0 Å². The van der Waals surface area contributed by atoms with Gasteiger partial charge in [-0.2, -0.15) is 5.10 Å². The second-order valence-electron chi connectivity index (χ2n) is 3.67. The normalized spacial score (nSPS) is 10.1. The lowest BCUT2D eigenvalue weighted by Crippen LogP contribution is -2.31. The first-order valence-corrected chi connectivity index (χ1v) is 5.47. The van der Waals surface area contributed by atoms with E-state index in [0.717, 1.165) is 17.0 Å². The standard InChI is InChI=1S/C11H17N3O3/c1-4-17-11(16)6-12-10(15)5-9-7(2)13-14-8(9)3/h4-6H2,1-3H3,(H,12,15)(H,13,14). The van der Waals surface area contributed by atoms with Gasteiger partial charge in [-0.3, -0.25) is 14.7 Å². The first-order chi connectivity index (χ1) is 8.04. The van der Waals surface area contributed by atoms with E-state index in [2.05, 4.69) is 15.5 Å². The summed E-state index contributed by atoms with van der Waals surface area (Å²) < 4.78 is 4.70. The van der Waals surface area contributed by atoms with Crippen molar-refractivity contribution in [2.45, 2.75) is 27.2 Å². The van der Waals surface area contributed by atoms with Gasteiger partial charge in [-0.05, 0) is 20.8 Å². The summed E-state index contributed by atoms with van der Waals surface area (Å²) in [6.07, 6.45) is 0.216. The molecule has 1 amide bonds. The maximum atomic E-state index is 11.6. The van der Waals surface area contributed by atoms with Crippen molar-refractivity contribution in [2.75, 3.05) is 13.2 Å². The van der Waals surface area contributed by atoms with Gasteiger partial charge in [0.1, 0.15) is 6.54 Å². The number of aryl methyl sites for hydroxylation is 2. The van der Waals surface area contributed by atoms with Crippen molar-refractivity contribution < 1.29 is 14.3 Å². The summed E-state index contributed by atoms with van der Waals surface area (Å²) in [5, 5.41) is 9.31. The minimum absolute atomic E-state index is 0.0946. The van der Waals surface area contributed by atoms with E-state index in [1.165, 1.54) is 0 Å². The molecule has 0 aliphatic carbocycles. The van der Waals surface area contributed by atoms with E-state index in [0.29, 0.717) is 6.61 Å². The molecule has 17 heavy (non-hydrogen) atoms. The molecule has 0 unspecified atom stereocenters. The van der Waals surface area contributed by atoms with Crippen molar-refractivity contribution in [1.82, 2.24) is 15.5 Å². The van der Waals surface area contributed by atoms with Crippen LogP contribution in [0.3, 0.4) is 0 Å². The summed E-state index contributed by atoms with van der Waals surface area (Å²) >= 11 is 0. The zero-order chi connectivity index (χ0) is 12.8. The van der Waals surface area contributed by atoms with Crippen molar-refractivity contribution in [1.29, 1.82) is 0 Å². The average Bonchev–Trinajstić information content (AvgIpc) is 2.58. The van der Waals surface area contributed by atoms with Gasteiger partial charge in [0, 0.05) is 11.3 Å². The molecule has 6 heteroatoms. The lowest BCUT2D eigenvalue weighted by atomic mass is 10.1. The van der Waals surface area contributed by atoms with Gasteiger partial charge in [0.2, 0.25) is 5.91 Å². The van der Waals surface area contributed by atoms with Crippen LogP contribution in [0.15, 0.2) is 0 Å². The second-order valence-corrected chi connectivity index (χ2v) is 3.67. The Hall–Kier alpha value is -1.85. The largest absolute Gasteiger partial charge is 0.465 e. The van der Waals surface area contributed by atoms with E-state index >= 15 is 0 Å². The third-order valence-electron chi connectivity index (χ3n) is 2.35. The molecular weight excluding hydrogens is 222 g/mol. The Labute approximate surface area is 99.7 Å². The summed E-state index contributed by atoms with van der Waals surface area (Å²) in [4.78, 5) is 22.6. The zero-order valence-corrected chi connectivity index (χ0v) is 10.3. The monoisotopic (exact) mass is 239 g/mol. The predicted molar refractivity (Wildman–Crippen MR) is 61.4 cm³/mol. The highest BCUT2D eigenvalue weighted by Gasteiger charge is 2.12. The van der Waals surface area contributed by atoms with Crippen LogP contribution in [0.1, 0.15) is 23.9 Å². The molecule has 0 saturated heterocycles. The fraction of sp³-hybridized carbons (Fsp3) is 0.545. The molecule has 1 rings (SSSR count). The number of carbonyl (C=O) groups is 2. The third kappa shape index (κ3) is 3.90. The van der Waals surface area contributed by atoms with Gasteiger partial charge in [-0.1, -0.05) is 0 Å². The van der Waals surface area contributed by atoms with Gasteiger partial charge in [0.25, 0.3) is 0 Å². The molecule has 1 heterocycles. The van der Waals surface area contributed by atoms with Gasteiger partial charge < -0.3 is 10.1 Å². The van der Waals surface area contributed by atoms with E-state index in [1.54, 1.807) is 6.92 Å². The number of carbonyl (C=O) groups excluding carboxylic acids is 2. The first kappa shape index (κ1) is 13.2. The number of aromatic nitrogens is 2. The minimum Gasteiger partial charge on any atom is -0.465 e. The Bertz CT molecular complexity index is 393. The summed E-state index contributed by atoms with van der Waals surface area (Å²) in [5.41, 5.74) is 2.54. The number of amides is 1. The maximum absolute atomic E-state index is 11.6. The summed E-state index contributed by atoms with van der Waals surface area (Å²) in [7, 11) is 0. The van der Waals surface area contributed by atoms with E-state index in [1.807, 2.05) is 13.8 Å². The van der Waals surface area contributed by atoms with E-state index in [9.17, 15) is 9.59 Å². The number of nitrogens with one attached hydrogen (secondary N) is 2. The molecule has 0 aromatic carbocycles. The van der Waals surface area contributed by atoms with Crippen molar-refractivity contribution in [2.24, 2.45) is 0 Å². The highest BCUT2D eigenvalue weighted by Crippen LogP contribution is 2.09. The van der Waals surface area contributed by atoms with Crippen LogP contribution in [0.2, 0.25) is 0 Å². The highest BCUT2D eigenvalue weighted by molar-refractivity contribution is 5.83. The van der Waals surface area contributed by atoms with Crippen molar-refractivity contribution in [3.63, 3.8) is 0 Å². The molecule has 0 fully saturated rings. The molecule has 1 aromatic rings. The number of esters is 1. The number of ether oxygens (including phenoxy) is 1. The maximum Gasteiger partial charge on any atom is 0.325 e. The Morgan fingerprint density at radius 3 is 2.65 bits per heavy atom. The quantitative estimate of drug-likeness (QED) is 0.721. The molecule has 0 atom stereocenters. The lowest BCUT2D eigenvalue weighted by molar-refractivity contribution is -0.143. The van der Waals surface area contributed by atoms with Crippen LogP contribution in [0.4, 0.5) is 0 Å². The Morgan fingerprint density at radius 1 is 1.41 bits per heavy atom. The lowest BCUT2D eigenvalue weighted by Gasteiger charge is -2.05. The number of hydrogen-bond acceptors (Lipinski definition) is 4. The number of rotatable bonds is 5. The van der Waals surface area contributed by atoms with Crippen LogP contribution in [0, 0.1) is 13.8 Å². The molecule has 0 bridgehead atoms. The second kappa shape index (κ2) is 6.03. The smallest absolute Gasteiger partial charge is 0.325 e. The summed E-state index contributed by atoms with van der Waals surface area (Å²) in [6, 6.07) is 0. The van der Waals surface area contributed by atoms with E-state index < -0.39 is 5.97 Å². The Kier molecular flexibility index (Phi) is 4.68. The number of nitrogens with zero attached hydrogens (tertiary/aromatic N) is 1. The molecule has 1 aromatic heterocycles. The first-order valence-electron chi connectivity index (χ1n) is 5.47. The molecule has 0 saturated carbocycles. The minimum atomic E-state index is -0.429. The van der Waals surface area contributed by atoms with Crippen molar-refractivity contribution >= 4 is 11.9 Å². The van der Waals surface area contributed by atoms with E-state index in [-0.39, 0.29) is 18.9 Å². The molecule has 94 valence electrons. The molecule has 0 spiro atoms. The average molecular weight is 239 g/mol. The summed E-state index contributed by atoms with van der Waals surface area (Å²) in [6.45, 7) is 5.63. The number of hydrogen-bond donors (Lipinski definition) is 2. The Morgan fingerprint density at radius 2 is 2.12 bits per heavy atom. The van der Waals surface area contributed by atoms with Gasteiger partial charge >= 0.3 is 5.97 Å². The van der Waals surface area contributed by atoms with E-state index in [4.69, 9.17) is 4.74 Å². The SMILES string of the molecule is CCOC(=O)CNC(=O)Cc1c(C)n[nH]c1C. The molecular formula is C11H17N3O3. The number of H-pyrrole nitrogens is 1. The highest BCUT2D eigenvalue weighted by atomic mass is 16.5. The third-order valence-corrected chi connectivity index (χ3v) is 2.35. The molecule has 2 N–H and O–H groups in total. The number of aromatic amines is 1. The zero-order valence-electron chi connectivity index (χ0n) is 10.3. The van der Waals surface area contributed by atoms with Crippen LogP contribution >= 0.6 is 0 Å². The van der Waals surface area contributed by atoms with Crippen molar-refractivity contribution in [3.8, 4) is 0 Å². The van der Waals surface area contributed by atoms with Gasteiger partial charge in [0.15, 0.2) is 0 Å². The fourth-order valence-electron chi connectivity index (χ4n) is 1.44. The molecule has 0 radical (unpaired) electrons. The topological polar surface area (TPSA) is 84.1 Å². The molecule has 6 nitrogen and oxygen atoms in total. The van der Waals surface area contributed by atoms with Crippen LogP contribution in [-0.4, -0.2) is 35.2 Å². The fourth-order valence-corrected chi connectivity index (χ4v) is 1.44. The summed E-state index contributed by atoms with van der Waals surface area (Å²) in [5.74, 6) is -0.646. The van der Waals surface area contributed by atoms with Gasteiger partial charge in [-0.25, -0.2) is 0 Å². The molecule has 0 aliphatic heterocycles. The predicted octanol–water partition coefficient (Wildman–Crippen LogP) is 0.248.